The molecule has 0 amide bonds. The highest BCUT2D eigenvalue weighted by Crippen LogP contribution is 2.24. The van der Waals surface area contributed by atoms with Crippen molar-refractivity contribution in [3.05, 3.63) is 69.0 Å². The van der Waals surface area contributed by atoms with Crippen molar-refractivity contribution in [2.45, 2.75) is 6.92 Å². The van der Waals surface area contributed by atoms with Gasteiger partial charge in [0.25, 0.3) is 0 Å². The molecular formula is C16H11IO2. The zero-order valence-corrected chi connectivity index (χ0v) is 12.5. The summed E-state index contributed by atoms with van der Waals surface area (Å²) in [6.07, 6.45) is 0. The third-order valence-corrected chi connectivity index (χ3v) is 3.95. The Kier molecular flexibility index (Phi) is 3.14. The SMILES string of the molecule is Cc1ccc2oc(C(=O)c3ccccc3I)cc2c1. The van der Waals surface area contributed by atoms with Gasteiger partial charge in [0.05, 0.1) is 0 Å². The van der Waals surface area contributed by atoms with Crippen molar-refractivity contribution in [2.24, 2.45) is 0 Å². The van der Waals surface area contributed by atoms with Crippen LogP contribution < -0.4 is 0 Å². The van der Waals surface area contributed by atoms with E-state index in [1.807, 2.05) is 55.5 Å². The zero-order valence-electron chi connectivity index (χ0n) is 10.3. The maximum Gasteiger partial charge on any atom is 0.229 e. The lowest BCUT2D eigenvalue weighted by Crippen LogP contribution is -2.01. The van der Waals surface area contributed by atoms with Crippen LogP contribution >= 0.6 is 22.6 Å². The molecule has 0 aliphatic heterocycles. The number of hydrogen-bond acceptors (Lipinski definition) is 2. The van der Waals surface area contributed by atoms with Crippen LogP contribution in [-0.4, -0.2) is 5.78 Å². The fraction of sp³-hybridized carbons (Fsp3) is 0.0625. The molecule has 0 spiro atoms. The van der Waals surface area contributed by atoms with Crippen molar-refractivity contribution in [3.8, 4) is 0 Å². The molecule has 0 unspecified atom stereocenters. The van der Waals surface area contributed by atoms with Crippen LogP contribution in [0.5, 0.6) is 0 Å². The number of rotatable bonds is 2. The summed E-state index contributed by atoms with van der Waals surface area (Å²) in [7, 11) is 0. The number of carbonyl (C=O) groups is 1. The lowest BCUT2D eigenvalue weighted by atomic mass is 10.1. The molecule has 0 fully saturated rings. The minimum absolute atomic E-state index is 0.0705. The van der Waals surface area contributed by atoms with Gasteiger partial charge < -0.3 is 4.42 Å². The van der Waals surface area contributed by atoms with E-state index in [2.05, 4.69) is 22.6 Å². The zero-order chi connectivity index (χ0) is 13.4. The lowest BCUT2D eigenvalue weighted by Gasteiger charge is -1.99. The smallest absolute Gasteiger partial charge is 0.229 e. The van der Waals surface area contributed by atoms with Crippen molar-refractivity contribution in [2.75, 3.05) is 0 Å². The predicted molar refractivity (Wildman–Crippen MR) is 83.5 cm³/mol. The van der Waals surface area contributed by atoms with Crippen LogP contribution in [0.3, 0.4) is 0 Å². The molecule has 0 aliphatic carbocycles. The lowest BCUT2D eigenvalue weighted by molar-refractivity contribution is 0.101. The van der Waals surface area contributed by atoms with Crippen LogP contribution in [0, 0.1) is 10.5 Å². The molecule has 19 heavy (non-hydrogen) atoms. The highest BCUT2D eigenvalue weighted by Gasteiger charge is 2.16. The summed E-state index contributed by atoms with van der Waals surface area (Å²) in [5.41, 5.74) is 2.58. The van der Waals surface area contributed by atoms with E-state index in [-0.39, 0.29) is 5.78 Å². The largest absolute Gasteiger partial charge is 0.453 e. The normalized spacial score (nSPS) is 10.8. The first kappa shape index (κ1) is 12.4. The molecule has 0 N–H and O–H groups in total. The fourth-order valence-corrected chi connectivity index (χ4v) is 2.69. The van der Waals surface area contributed by atoms with Crippen LogP contribution in [0.2, 0.25) is 0 Å². The Labute approximate surface area is 124 Å². The van der Waals surface area contributed by atoms with Gasteiger partial charge in [-0.3, -0.25) is 4.79 Å². The van der Waals surface area contributed by atoms with E-state index in [9.17, 15) is 4.79 Å². The van der Waals surface area contributed by atoms with E-state index in [0.29, 0.717) is 11.3 Å². The van der Waals surface area contributed by atoms with Gasteiger partial charge in [-0.25, -0.2) is 0 Å². The van der Waals surface area contributed by atoms with Gasteiger partial charge in [0.1, 0.15) is 5.58 Å². The molecule has 0 radical (unpaired) electrons. The first-order valence-electron chi connectivity index (χ1n) is 5.94. The first-order valence-corrected chi connectivity index (χ1v) is 7.02. The first-order chi connectivity index (χ1) is 9.15. The summed E-state index contributed by atoms with van der Waals surface area (Å²) < 4.78 is 6.57. The molecule has 3 heteroatoms. The molecule has 2 nitrogen and oxygen atoms in total. The molecule has 94 valence electrons. The molecule has 3 rings (SSSR count). The monoisotopic (exact) mass is 362 g/mol. The number of ketones is 1. The number of hydrogen-bond donors (Lipinski definition) is 0. The minimum Gasteiger partial charge on any atom is -0.453 e. The molecule has 0 bridgehead atoms. The van der Waals surface area contributed by atoms with Crippen molar-refractivity contribution in [1.82, 2.24) is 0 Å². The Balaban J connectivity index is 2.09. The average Bonchev–Trinajstić information content (AvgIpc) is 2.81. The van der Waals surface area contributed by atoms with Gasteiger partial charge in [-0.15, -0.1) is 0 Å². The van der Waals surface area contributed by atoms with E-state index in [1.165, 1.54) is 0 Å². The summed E-state index contributed by atoms with van der Waals surface area (Å²) in [4.78, 5) is 12.4. The summed E-state index contributed by atoms with van der Waals surface area (Å²) in [5, 5.41) is 0.967. The van der Waals surface area contributed by atoms with Crippen molar-refractivity contribution in [3.63, 3.8) is 0 Å². The highest BCUT2D eigenvalue weighted by atomic mass is 127. The van der Waals surface area contributed by atoms with Crippen LogP contribution in [0.25, 0.3) is 11.0 Å². The maximum absolute atomic E-state index is 12.4. The van der Waals surface area contributed by atoms with Crippen molar-refractivity contribution >= 4 is 39.3 Å². The fourth-order valence-electron chi connectivity index (χ4n) is 2.05. The Bertz CT molecular complexity index is 771. The van der Waals surface area contributed by atoms with E-state index in [1.54, 1.807) is 0 Å². The van der Waals surface area contributed by atoms with Crippen molar-refractivity contribution < 1.29 is 9.21 Å². The Hall–Kier alpha value is -1.62. The second-order valence-corrected chi connectivity index (χ2v) is 5.62. The molecule has 0 saturated carbocycles. The highest BCUT2D eigenvalue weighted by molar-refractivity contribution is 14.1. The average molecular weight is 362 g/mol. The van der Waals surface area contributed by atoms with E-state index in [0.717, 1.165) is 20.1 Å². The van der Waals surface area contributed by atoms with Crippen LogP contribution in [0.4, 0.5) is 0 Å². The minimum atomic E-state index is -0.0705. The number of aryl methyl sites for hydroxylation is 1. The Morgan fingerprint density at radius 2 is 1.89 bits per heavy atom. The van der Waals surface area contributed by atoms with Gasteiger partial charge in [-0.05, 0) is 59.8 Å². The van der Waals surface area contributed by atoms with Crippen LogP contribution in [-0.2, 0) is 0 Å². The van der Waals surface area contributed by atoms with Gasteiger partial charge in [-0.2, -0.15) is 0 Å². The Morgan fingerprint density at radius 1 is 1.11 bits per heavy atom. The number of halogens is 1. The number of furan rings is 1. The number of fused-ring (bicyclic) bond motifs is 1. The summed E-state index contributed by atoms with van der Waals surface area (Å²) in [5.74, 6) is 0.323. The Morgan fingerprint density at radius 3 is 2.68 bits per heavy atom. The standard InChI is InChI=1S/C16H11IO2/c1-10-6-7-14-11(8-10)9-15(19-14)16(18)12-4-2-3-5-13(12)17/h2-9H,1H3. The summed E-state index contributed by atoms with van der Waals surface area (Å²) >= 11 is 2.16. The molecule has 0 atom stereocenters. The second-order valence-electron chi connectivity index (χ2n) is 4.46. The summed E-state index contributed by atoms with van der Waals surface area (Å²) in [6.45, 7) is 2.02. The third kappa shape index (κ3) is 2.30. The quantitative estimate of drug-likeness (QED) is 0.494. The summed E-state index contributed by atoms with van der Waals surface area (Å²) in [6, 6.07) is 15.2. The molecule has 1 aromatic heterocycles. The number of carbonyl (C=O) groups excluding carboxylic acids is 1. The van der Waals surface area contributed by atoms with Crippen molar-refractivity contribution in [1.29, 1.82) is 0 Å². The van der Waals surface area contributed by atoms with Crippen LogP contribution in [0.1, 0.15) is 21.7 Å². The molecule has 1 heterocycles. The van der Waals surface area contributed by atoms with Gasteiger partial charge in [0.2, 0.25) is 5.78 Å². The molecule has 0 saturated heterocycles. The number of benzene rings is 2. The van der Waals surface area contributed by atoms with E-state index >= 15 is 0 Å². The molecule has 2 aromatic carbocycles. The van der Waals surface area contributed by atoms with Gasteiger partial charge in [-0.1, -0.05) is 23.8 Å². The van der Waals surface area contributed by atoms with Crippen LogP contribution in [0.15, 0.2) is 52.9 Å². The van der Waals surface area contributed by atoms with Gasteiger partial charge in [0, 0.05) is 14.5 Å². The van der Waals surface area contributed by atoms with E-state index < -0.39 is 0 Å². The molecule has 3 aromatic rings. The van der Waals surface area contributed by atoms with Gasteiger partial charge >= 0.3 is 0 Å². The third-order valence-electron chi connectivity index (χ3n) is 3.01. The van der Waals surface area contributed by atoms with Gasteiger partial charge in [0.15, 0.2) is 5.76 Å². The predicted octanol–water partition coefficient (Wildman–Crippen LogP) is 4.58. The van der Waals surface area contributed by atoms with E-state index in [4.69, 9.17) is 4.42 Å². The second kappa shape index (κ2) is 4.81. The maximum atomic E-state index is 12.4. The topological polar surface area (TPSA) is 30.2 Å². The molecule has 0 aliphatic rings. The molecular weight excluding hydrogens is 351 g/mol.